The maximum atomic E-state index is 11.5. The molecule has 1 aromatic carbocycles. The molecule has 0 aliphatic carbocycles. The summed E-state index contributed by atoms with van der Waals surface area (Å²) >= 11 is 3.29. The highest BCUT2D eigenvalue weighted by Crippen LogP contribution is 2.20. The van der Waals surface area contributed by atoms with E-state index in [0.29, 0.717) is 11.3 Å². The van der Waals surface area contributed by atoms with Crippen molar-refractivity contribution in [3.05, 3.63) is 28.2 Å². The van der Waals surface area contributed by atoms with Gasteiger partial charge in [0.15, 0.2) is 0 Å². The second kappa shape index (κ2) is 6.26. The van der Waals surface area contributed by atoms with Gasteiger partial charge in [0, 0.05) is 4.47 Å². The predicted octanol–water partition coefficient (Wildman–Crippen LogP) is 1.87. The highest BCUT2D eigenvalue weighted by molar-refractivity contribution is 9.10. The van der Waals surface area contributed by atoms with Gasteiger partial charge in [-0.15, -0.1) is 0 Å². The summed E-state index contributed by atoms with van der Waals surface area (Å²) < 4.78 is 0.824. The number of nitriles is 1. The van der Waals surface area contributed by atoms with Crippen LogP contribution in [-0.2, 0) is 4.79 Å². The second-order valence-corrected chi connectivity index (χ2v) is 4.05. The number of amides is 1. The topological polar surface area (TPSA) is 64.9 Å². The number of anilines is 1. The van der Waals surface area contributed by atoms with Gasteiger partial charge in [-0.05, 0) is 24.7 Å². The molecule has 1 amide bonds. The molecule has 0 unspecified atom stereocenters. The first-order valence-corrected chi connectivity index (χ1v) is 5.67. The van der Waals surface area contributed by atoms with Gasteiger partial charge in [0.25, 0.3) is 0 Å². The normalized spacial score (nSPS) is 9.56. The van der Waals surface area contributed by atoms with Crippen LogP contribution in [0.2, 0.25) is 0 Å². The smallest absolute Gasteiger partial charge is 0.238 e. The van der Waals surface area contributed by atoms with Crippen molar-refractivity contribution in [2.75, 3.05) is 18.4 Å². The first-order chi connectivity index (χ1) is 7.67. The molecule has 0 aromatic heterocycles. The molecule has 84 valence electrons. The van der Waals surface area contributed by atoms with E-state index in [4.69, 9.17) is 5.26 Å². The average molecular weight is 282 g/mol. The SMILES string of the molecule is CCNCC(=O)Nc1cc(Br)ccc1C#N. The summed E-state index contributed by atoms with van der Waals surface area (Å²) in [6, 6.07) is 7.16. The molecule has 5 heteroatoms. The summed E-state index contributed by atoms with van der Waals surface area (Å²) in [7, 11) is 0. The van der Waals surface area contributed by atoms with E-state index in [1.165, 1.54) is 0 Å². The van der Waals surface area contributed by atoms with E-state index in [1.54, 1.807) is 18.2 Å². The summed E-state index contributed by atoms with van der Waals surface area (Å²) in [6.45, 7) is 2.90. The van der Waals surface area contributed by atoms with Crippen molar-refractivity contribution < 1.29 is 4.79 Å². The number of halogens is 1. The molecule has 0 bridgehead atoms. The summed E-state index contributed by atoms with van der Waals surface area (Å²) in [6.07, 6.45) is 0. The molecule has 4 nitrogen and oxygen atoms in total. The van der Waals surface area contributed by atoms with E-state index in [2.05, 4.69) is 26.6 Å². The maximum absolute atomic E-state index is 11.5. The summed E-state index contributed by atoms with van der Waals surface area (Å²) in [5, 5.41) is 14.5. The molecule has 0 atom stereocenters. The largest absolute Gasteiger partial charge is 0.324 e. The molecule has 1 aromatic rings. The molecule has 16 heavy (non-hydrogen) atoms. The molecular formula is C11H12BrN3O. The number of carbonyl (C=O) groups excluding carboxylic acids is 1. The third-order valence-electron chi connectivity index (χ3n) is 1.91. The van der Waals surface area contributed by atoms with Crippen LogP contribution in [0.4, 0.5) is 5.69 Å². The Morgan fingerprint density at radius 3 is 2.94 bits per heavy atom. The lowest BCUT2D eigenvalue weighted by atomic mass is 10.2. The number of likely N-dealkylation sites (N-methyl/N-ethyl adjacent to an activating group) is 1. The third kappa shape index (κ3) is 3.65. The highest BCUT2D eigenvalue weighted by atomic mass is 79.9. The van der Waals surface area contributed by atoms with Crippen molar-refractivity contribution in [3.8, 4) is 6.07 Å². The molecule has 0 radical (unpaired) electrons. The lowest BCUT2D eigenvalue weighted by Gasteiger charge is -2.07. The average Bonchev–Trinajstić information content (AvgIpc) is 2.27. The van der Waals surface area contributed by atoms with Crippen molar-refractivity contribution in [2.45, 2.75) is 6.92 Å². The second-order valence-electron chi connectivity index (χ2n) is 3.13. The molecule has 0 aliphatic heterocycles. The molecule has 0 fully saturated rings. The van der Waals surface area contributed by atoms with Crippen LogP contribution in [-0.4, -0.2) is 19.0 Å². The van der Waals surface area contributed by atoms with Crippen LogP contribution in [0.25, 0.3) is 0 Å². The van der Waals surface area contributed by atoms with E-state index >= 15 is 0 Å². The fourth-order valence-electron chi connectivity index (χ4n) is 1.15. The lowest BCUT2D eigenvalue weighted by Crippen LogP contribution is -2.28. The summed E-state index contributed by atoms with van der Waals surface area (Å²) in [4.78, 5) is 11.5. The van der Waals surface area contributed by atoms with Gasteiger partial charge >= 0.3 is 0 Å². The molecule has 0 aliphatic rings. The van der Waals surface area contributed by atoms with Gasteiger partial charge in [-0.25, -0.2) is 0 Å². The van der Waals surface area contributed by atoms with Gasteiger partial charge in [-0.1, -0.05) is 22.9 Å². The Kier molecular flexibility index (Phi) is 4.96. The molecule has 0 saturated heterocycles. The van der Waals surface area contributed by atoms with Gasteiger partial charge in [-0.3, -0.25) is 4.79 Å². The Hall–Kier alpha value is -1.38. The third-order valence-corrected chi connectivity index (χ3v) is 2.40. The van der Waals surface area contributed by atoms with E-state index < -0.39 is 0 Å². The van der Waals surface area contributed by atoms with E-state index in [-0.39, 0.29) is 12.5 Å². The van der Waals surface area contributed by atoms with Crippen molar-refractivity contribution in [3.63, 3.8) is 0 Å². The van der Waals surface area contributed by atoms with E-state index in [1.807, 2.05) is 13.0 Å². The Balaban J connectivity index is 2.76. The van der Waals surface area contributed by atoms with Crippen molar-refractivity contribution in [1.29, 1.82) is 5.26 Å². The highest BCUT2D eigenvalue weighted by Gasteiger charge is 2.06. The standard InChI is InChI=1S/C11H12BrN3O/c1-2-14-7-11(16)15-10-5-9(12)4-3-8(10)6-13/h3-5,14H,2,7H2,1H3,(H,15,16). The minimum Gasteiger partial charge on any atom is -0.324 e. The molecule has 1 rings (SSSR count). The first kappa shape index (κ1) is 12.7. The van der Waals surface area contributed by atoms with Crippen LogP contribution in [0.3, 0.4) is 0 Å². The van der Waals surface area contributed by atoms with Gasteiger partial charge < -0.3 is 10.6 Å². The fourth-order valence-corrected chi connectivity index (χ4v) is 1.51. The molecule has 0 saturated carbocycles. The summed E-state index contributed by atoms with van der Waals surface area (Å²) in [5.74, 6) is -0.156. The zero-order chi connectivity index (χ0) is 12.0. The Morgan fingerprint density at radius 2 is 2.31 bits per heavy atom. The Bertz CT molecular complexity index is 426. The van der Waals surface area contributed by atoms with Gasteiger partial charge in [0.1, 0.15) is 6.07 Å². The van der Waals surface area contributed by atoms with Gasteiger partial charge in [-0.2, -0.15) is 5.26 Å². The molecule has 0 spiro atoms. The van der Waals surface area contributed by atoms with Crippen molar-refractivity contribution in [1.82, 2.24) is 5.32 Å². The molecule has 0 heterocycles. The minimum absolute atomic E-state index is 0.156. The maximum Gasteiger partial charge on any atom is 0.238 e. The van der Waals surface area contributed by atoms with E-state index in [9.17, 15) is 4.79 Å². The number of hydrogen-bond donors (Lipinski definition) is 2. The number of hydrogen-bond acceptors (Lipinski definition) is 3. The summed E-state index contributed by atoms with van der Waals surface area (Å²) in [5.41, 5.74) is 0.979. The zero-order valence-corrected chi connectivity index (χ0v) is 10.5. The first-order valence-electron chi connectivity index (χ1n) is 4.87. The number of benzene rings is 1. The minimum atomic E-state index is -0.156. The van der Waals surface area contributed by atoms with Crippen LogP contribution in [0.15, 0.2) is 22.7 Å². The van der Waals surface area contributed by atoms with Crippen molar-refractivity contribution >= 4 is 27.5 Å². The number of nitrogens with one attached hydrogen (secondary N) is 2. The molecule has 2 N–H and O–H groups in total. The van der Waals surface area contributed by atoms with Crippen LogP contribution in [0, 0.1) is 11.3 Å². The predicted molar refractivity (Wildman–Crippen MR) is 66.0 cm³/mol. The zero-order valence-electron chi connectivity index (χ0n) is 8.88. The monoisotopic (exact) mass is 281 g/mol. The van der Waals surface area contributed by atoms with Crippen LogP contribution in [0.1, 0.15) is 12.5 Å². The van der Waals surface area contributed by atoms with Gasteiger partial charge in [0.2, 0.25) is 5.91 Å². The number of carbonyl (C=O) groups is 1. The molecular weight excluding hydrogens is 270 g/mol. The van der Waals surface area contributed by atoms with Gasteiger partial charge in [0.05, 0.1) is 17.8 Å². The quantitative estimate of drug-likeness (QED) is 0.886. The Labute approximate surface area is 103 Å². The lowest BCUT2D eigenvalue weighted by molar-refractivity contribution is -0.115. The Morgan fingerprint density at radius 1 is 1.56 bits per heavy atom. The number of nitrogens with zero attached hydrogens (tertiary/aromatic N) is 1. The van der Waals surface area contributed by atoms with Crippen LogP contribution < -0.4 is 10.6 Å². The van der Waals surface area contributed by atoms with Crippen LogP contribution >= 0.6 is 15.9 Å². The van der Waals surface area contributed by atoms with Crippen LogP contribution in [0.5, 0.6) is 0 Å². The fraction of sp³-hybridized carbons (Fsp3) is 0.273. The van der Waals surface area contributed by atoms with Crippen molar-refractivity contribution in [2.24, 2.45) is 0 Å². The number of rotatable bonds is 4. The van der Waals surface area contributed by atoms with E-state index in [0.717, 1.165) is 11.0 Å².